The van der Waals surface area contributed by atoms with E-state index in [1.165, 1.54) is 26.4 Å². The SMILES string of the molecule is COC(=O)Cc1ccccc1OCC1CCCCN1C. The molecule has 1 atom stereocenters. The molecule has 1 aromatic carbocycles. The Morgan fingerprint density at radius 1 is 1.35 bits per heavy atom. The number of esters is 1. The van der Waals surface area contributed by atoms with E-state index >= 15 is 0 Å². The number of likely N-dealkylation sites (tertiary alicyclic amines) is 1. The predicted molar refractivity (Wildman–Crippen MR) is 77.9 cm³/mol. The highest BCUT2D eigenvalue weighted by Crippen LogP contribution is 2.21. The van der Waals surface area contributed by atoms with E-state index < -0.39 is 0 Å². The Bertz CT molecular complexity index is 447. The standard InChI is InChI=1S/C16H23NO3/c1-17-10-6-5-8-14(17)12-20-15-9-4-3-7-13(15)11-16(18)19-2/h3-4,7,9,14H,5-6,8,10-12H2,1-2H3. The number of carbonyl (C=O) groups excluding carboxylic acids is 1. The maximum atomic E-state index is 11.4. The number of carbonyl (C=O) groups is 1. The zero-order chi connectivity index (χ0) is 14.4. The molecule has 1 unspecified atom stereocenters. The quantitative estimate of drug-likeness (QED) is 0.774. The zero-order valence-electron chi connectivity index (χ0n) is 12.3. The van der Waals surface area contributed by atoms with Crippen LogP contribution in [0.1, 0.15) is 24.8 Å². The van der Waals surface area contributed by atoms with Gasteiger partial charge in [0.05, 0.1) is 13.5 Å². The van der Waals surface area contributed by atoms with Gasteiger partial charge in [-0.2, -0.15) is 0 Å². The van der Waals surface area contributed by atoms with Gasteiger partial charge in [-0.3, -0.25) is 4.79 Å². The molecule has 1 fully saturated rings. The molecule has 0 aliphatic carbocycles. The fraction of sp³-hybridized carbons (Fsp3) is 0.562. The van der Waals surface area contributed by atoms with Crippen molar-refractivity contribution in [3.63, 3.8) is 0 Å². The lowest BCUT2D eigenvalue weighted by atomic mass is 10.0. The molecule has 2 rings (SSSR count). The van der Waals surface area contributed by atoms with E-state index in [4.69, 9.17) is 9.47 Å². The van der Waals surface area contributed by atoms with Gasteiger partial charge in [0.15, 0.2) is 0 Å². The Morgan fingerprint density at radius 2 is 2.15 bits per heavy atom. The number of likely N-dealkylation sites (N-methyl/N-ethyl adjacent to an activating group) is 1. The average molecular weight is 277 g/mol. The molecule has 4 heteroatoms. The first-order valence-corrected chi connectivity index (χ1v) is 7.18. The van der Waals surface area contributed by atoms with Crippen LogP contribution in [0, 0.1) is 0 Å². The molecule has 1 heterocycles. The summed E-state index contributed by atoms with van der Waals surface area (Å²) in [6.45, 7) is 1.81. The van der Waals surface area contributed by atoms with Crippen molar-refractivity contribution in [1.82, 2.24) is 4.90 Å². The summed E-state index contributed by atoms with van der Waals surface area (Å²) in [5.41, 5.74) is 0.887. The first-order valence-electron chi connectivity index (χ1n) is 7.18. The second kappa shape index (κ2) is 7.29. The molecular weight excluding hydrogens is 254 g/mol. The molecule has 20 heavy (non-hydrogen) atoms. The van der Waals surface area contributed by atoms with Crippen molar-refractivity contribution < 1.29 is 14.3 Å². The molecule has 0 spiro atoms. The van der Waals surface area contributed by atoms with Gasteiger partial charge in [0, 0.05) is 11.6 Å². The molecule has 0 aromatic heterocycles. The predicted octanol–water partition coefficient (Wildman–Crippen LogP) is 2.27. The zero-order valence-corrected chi connectivity index (χ0v) is 12.3. The Morgan fingerprint density at radius 3 is 2.90 bits per heavy atom. The molecule has 0 radical (unpaired) electrons. The molecule has 110 valence electrons. The Kier molecular flexibility index (Phi) is 5.41. The van der Waals surface area contributed by atoms with Gasteiger partial charge >= 0.3 is 5.97 Å². The highest BCUT2D eigenvalue weighted by atomic mass is 16.5. The summed E-state index contributed by atoms with van der Waals surface area (Å²) in [7, 11) is 3.55. The molecule has 1 saturated heterocycles. The third-order valence-corrected chi connectivity index (χ3v) is 3.89. The van der Waals surface area contributed by atoms with E-state index in [1.54, 1.807) is 0 Å². The van der Waals surface area contributed by atoms with Gasteiger partial charge in [0.1, 0.15) is 12.4 Å². The van der Waals surface area contributed by atoms with Crippen molar-refractivity contribution in [2.24, 2.45) is 0 Å². The van der Waals surface area contributed by atoms with Gasteiger partial charge in [0.2, 0.25) is 0 Å². The number of methoxy groups -OCH3 is 1. The third kappa shape index (κ3) is 3.97. The number of para-hydroxylation sites is 1. The first-order chi connectivity index (χ1) is 9.70. The lowest BCUT2D eigenvalue weighted by Crippen LogP contribution is -2.40. The smallest absolute Gasteiger partial charge is 0.310 e. The van der Waals surface area contributed by atoms with Crippen LogP contribution in [0.3, 0.4) is 0 Å². The van der Waals surface area contributed by atoms with E-state index in [1.807, 2.05) is 24.3 Å². The maximum Gasteiger partial charge on any atom is 0.310 e. The largest absolute Gasteiger partial charge is 0.492 e. The van der Waals surface area contributed by atoms with Gasteiger partial charge in [0.25, 0.3) is 0 Å². The second-order valence-electron chi connectivity index (χ2n) is 5.30. The minimum absolute atomic E-state index is 0.240. The van der Waals surface area contributed by atoms with Crippen LogP contribution in [0.5, 0.6) is 5.75 Å². The van der Waals surface area contributed by atoms with Gasteiger partial charge in [-0.1, -0.05) is 24.6 Å². The number of rotatable bonds is 5. The summed E-state index contributed by atoms with van der Waals surface area (Å²) < 4.78 is 10.7. The number of piperidine rings is 1. The summed E-state index contributed by atoms with van der Waals surface area (Å²) in [5.74, 6) is 0.549. The summed E-state index contributed by atoms with van der Waals surface area (Å²) >= 11 is 0. The maximum absolute atomic E-state index is 11.4. The van der Waals surface area contributed by atoms with Crippen molar-refractivity contribution in [3.8, 4) is 5.75 Å². The molecule has 0 bridgehead atoms. The molecule has 0 saturated carbocycles. The average Bonchev–Trinajstić information content (AvgIpc) is 2.47. The summed E-state index contributed by atoms with van der Waals surface area (Å²) in [6, 6.07) is 8.14. The summed E-state index contributed by atoms with van der Waals surface area (Å²) in [4.78, 5) is 13.8. The minimum atomic E-state index is -0.240. The molecule has 0 N–H and O–H groups in total. The lowest BCUT2D eigenvalue weighted by molar-refractivity contribution is -0.139. The minimum Gasteiger partial charge on any atom is -0.492 e. The van der Waals surface area contributed by atoms with Gasteiger partial charge < -0.3 is 14.4 Å². The lowest BCUT2D eigenvalue weighted by Gasteiger charge is -2.32. The number of benzene rings is 1. The number of ether oxygens (including phenoxy) is 2. The summed E-state index contributed by atoms with van der Waals surface area (Å²) in [5, 5.41) is 0. The molecule has 4 nitrogen and oxygen atoms in total. The molecule has 1 aliphatic rings. The van der Waals surface area contributed by atoms with Crippen molar-refractivity contribution >= 4 is 5.97 Å². The van der Waals surface area contributed by atoms with E-state index in [9.17, 15) is 4.79 Å². The van der Waals surface area contributed by atoms with Crippen LogP contribution >= 0.6 is 0 Å². The number of hydrogen-bond acceptors (Lipinski definition) is 4. The highest BCUT2D eigenvalue weighted by molar-refractivity contribution is 5.73. The highest BCUT2D eigenvalue weighted by Gasteiger charge is 2.20. The normalized spacial score (nSPS) is 19.6. The Labute approximate surface area is 120 Å². The van der Waals surface area contributed by atoms with Gasteiger partial charge in [-0.25, -0.2) is 0 Å². The van der Waals surface area contributed by atoms with Crippen molar-refractivity contribution in [2.75, 3.05) is 27.3 Å². The summed E-state index contributed by atoms with van der Waals surface area (Å²) in [6.07, 6.45) is 3.97. The van der Waals surface area contributed by atoms with Crippen LogP contribution in [-0.2, 0) is 16.0 Å². The topological polar surface area (TPSA) is 38.8 Å². The monoisotopic (exact) mass is 277 g/mol. The van der Waals surface area contributed by atoms with Crippen LogP contribution < -0.4 is 4.74 Å². The van der Waals surface area contributed by atoms with Crippen LogP contribution in [0.4, 0.5) is 0 Å². The van der Waals surface area contributed by atoms with Crippen molar-refractivity contribution in [3.05, 3.63) is 29.8 Å². The molecule has 0 amide bonds. The van der Waals surface area contributed by atoms with E-state index in [-0.39, 0.29) is 12.4 Å². The molecule has 1 aliphatic heterocycles. The Hall–Kier alpha value is -1.55. The fourth-order valence-corrected chi connectivity index (χ4v) is 2.56. The Balaban J connectivity index is 1.96. The van der Waals surface area contributed by atoms with Gasteiger partial charge in [-0.15, -0.1) is 0 Å². The number of hydrogen-bond donors (Lipinski definition) is 0. The second-order valence-corrected chi connectivity index (χ2v) is 5.30. The molecule has 1 aromatic rings. The molecular formula is C16H23NO3. The van der Waals surface area contributed by atoms with E-state index in [2.05, 4.69) is 11.9 Å². The van der Waals surface area contributed by atoms with E-state index in [0.717, 1.165) is 17.9 Å². The van der Waals surface area contributed by atoms with Crippen LogP contribution in [0.25, 0.3) is 0 Å². The third-order valence-electron chi connectivity index (χ3n) is 3.89. The van der Waals surface area contributed by atoms with Crippen LogP contribution in [-0.4, -0.2) is 44.2 Å². The van der Waals surface area contributed by atoms with Crippen molar-refractivity contribution in [2.45, 2.75) is 31.7 Å². The first kappa shape index (κ1) is 14.9. The van der Waals surface area contributed by atoms with E-state index in [0.29, 0.717) is 12.6 Å². The fourth-order valence-electron chi connectivity index (χ4n) is 2.56. The van der Waals surface area contributed by atoms with Crippen molar-refractivity contribution in [1.29, 1.82) is 0 Å². The van der Waals surface area contributed by atoms with Gasteiger partial charge in [-0.05, 0) is 32.5 Å². The van der Waals surface area contributed by atoms with Crippen LogP contribution in [0.2, 0.25) is 0 Å². The number of nitrogens with zero attached hydrogens (tertiary/aromatic N) is 1. The van der Waals surface area contributed by atoms with Crippen LogP contribution in [0.15, 0.2) is 24.3 Å².